The number of carbonyl (C=O) groups is 2. The van der Waals surface area contributed by atoms with E-state index in [0.29, 0.717) is 34.4 Å². The topological polar surface area (TPSA) is 89.0 Å². The Morgan fingerprint density at radius 3 is 2.47 bits per heavy atom. The largest absolute Gasteiger partial charge is 0.493 e. The smallest absolute Gasteiger partial charge is 0.249 e. The lowest BCUT2D eigenvalue weighted by Gasteiger charge is -2.12. The molecule has 2 amide bonds. The predicted octanol–water partition coefficient (Wildman–Crippen LogP) is 4.41. The number of halogens is 1. The lowest BCUT2D eigenvalue weighted by Crippen LogP contribution is -2.24. The Hall–Kier alpha value is -3.84. The highest BCUT2D eigenvalue weighted by molar-refractivity contribution is 6.31. The fourth-order valence-corrected chi connectivity index (χ4v) is 2.94. The van der Waals surface area contributed by atoms with Crippen LogP contribution in [0.1, 0.15) is 17.5 Å². The Kier molecular flexibility index (Phi) is 8.22. The zero-order chi connectivity index (χ0) is 22.8. The third-order valence-corrected chi connectivity index (χ3v) is 4.68. The first-order valence-electron chi connectivity index (χ1n) is 9.76. The van der Waals surface area contributed by atoms with Gasteiger partial charge in [-0.05, 0) is 42.0 Å². The van der Waals surface area contributed by atoms with Crippen molar-refractivity contribution in [1.82, 2.24) is 5.43 Å². The van der Waals surface area contributed by atoms with Gasteiger partial charge in [0.2, 0.25) is 11.8 Å². The number of nitrogens with zero attached hydrogens (tertiary/aromatic N) is 1. The average molecular weight is 452 g/mol. The van der Waals surface area contributed by atoms with Gasteiger partial charge in [0.1, 0.15) is 13.0 Å². The van der Waals surface area contributed by atoms with Crippen LogP contribution in [0.5, 0.6) is 11.5 Å². The molecule has 0 radical (unpaired) electrons. The van der Waals surface area contributed by atoms with E-state index in [4.69, 9.17) is 21.1 Å². The number of para-hydroxylation sites is 1. The molecule has 164 valence electrons. The second-order valence-electron chi connectivity index (χ2n) is 6.67. The van der Waals surface area contributed by atoms with Crippen LogP contribution < -0.4 is 20.2 Å². The van der Waals surface area contributed by atoms with E-state index < -0.39 is 11.8 Å². The standard InChI is InChI=1S/C24H22ClN3O4/c1-31-22-13-17(11-12-21(22)32-16-18-7-5-6-10-20(18)25)15-26-28-24(30)14-23(29)27-19-8-3-2-4-9-19/h2-13,15H,14,16H2,1H3,(H,27,29)(H,28,30). The van der Waals surface area contributed by atoms with Crippen LogP contribution in [0, 0.1) is 0 Å². The molecule has 0 saturated heterocycles. The number of hydrogen-bond donors (Lipinski definition) is 2. The number of methoxy groups -OCH3 is 1. The Bertz CT molecular complexity index is 1100. The first kappa shape index (κ1) is 22.8. The van der Waals surface area contributed by atoms with Gasteiger partial charge >= 0.3 is 0 Å². The van der Waals surface area contributed by atoms with Crippen molar-refractivity contribution in [3.8, 4) is 11.5 Å². The summed E-state index contributed by atoms with van der Waals surface area (Å²) in [6, 6.07) is 21.6. The average Bonchev–Trinajstić information content (AvgIpc) is 2.79. The quantitative estimate of drug-likeness (QED) is 0.286. The highest BCUT2D eigenvalue weighted by atomic mass is 35.5. The van der Waals surface area contributed by atoms with E-state index in [1.807, 2.05) is 24.3 Å². The minimum absolute atomic E-state index is 0.296. The maximum atomic E-state index is 11.9. The van der Waals surface area contributed by atoms with Gasteiger partial charge in [0.15, 0.2) is 11.5 Å². The number of nitrogens with one attached hydrogen (secondary N) is 2. The molecule has 3 aromatic carbocycles. The Morgan fingerprint density at radius 1 is 0.969 bits per heavy atom. The van der Waals surface area contributed by atoms with Gasteiger partial charge in [-0.3, -0.25) is 9.59 Å². The van der Waals surface area contributed by atoms with Gasteiger partial charge < -0.3 is 14.8 Å². The molecular formula is C24H22ClN3O4. The molecule has 0 fully saturated rings. The van der Waals surface area contributed by atoms with Crippen LogP contribution in [0.4, 0.5) is 5.69 Å². The summed E-state index contributed by atoms with van der Waals surface area (Å²) in [5.41, 5.74) is 4.50. The molecule has 3 aromatic rings. The van der Waals surface area contributed by atoms with Crippen LogP contribution in [0.2, 0.25) is 5.02 Å². The lowest BCUT2D eigenvalue weighted by molar-refractivity contribution is -0.126. The molecule has 0 atom stereocenters. The van der Waals surface area contributed by atoms with Crippen molar-refractivity contribution in [2.24, 2.45) is 5.10 Å². The van der Waals surface area contributed by atoms with Crippen LogP contribution in [0.3, 0.4) is 0 Å². The molecule has 0 spiro atoms. The molecule has 0 saturated carbocycles. The summed E-state index contributed by atoms with van der Waals surface area (Å²) in [5, 5.41) is 7.16. The van der Waals surface area contributed by atoms with Gasteiger partial charge in [-0.2, -0.15) is 5.10 Å². The summed E-state index contributed by atoms with van der Waals surface area (Å²) in [5.74, 6) is 0.104. The molecule has 2 N–H and O–H groups in total. The van der Waals surface area contributed by atoms with Crippen molar-refractivity contribution in [3.63, 3.8) is 0 Å². The molecule has 0 aliphatic carbocycles. The fourth-order valence-electron chi connectivity index (χ4n) is 2.75. The van der Waals surface area contributed by atoms with E-state index in [2.05, 4.69) is 15.8 Å². The summed E-state index contributed by atoms with van der Waals surface area (Å²) in [6.07, 6.45) is 1.11. The van der Waals surface area contributed by atoms with Crippen molar-refractivity contribution in [2.75, 3.05) is 12.4 Å². The van der Waals surface area contributed by atoms with Crippen LogP contribution in [-0.4, -0.2) is 25.1 Å². The number of carbonyl (C=O) groups excluding carboxylic acids is 2. The van der Waals surface area contributed by atoms with Gasteiger partial charge in [0.25, 0.3) is 0 Å². The van der Waals surface area contributed by atoms with Crippen LogP contribution in [0.25, 0.3) is 0 Å². The molecule has 0 aromatic heterocycles. The van der Waals surface area contributed by atoms with Crippen molar-refractivity contribution in [2.45, 2.75) is 13.0 Å². The zero-order valence-electron chi connectivity index (χ0n) is 17.4. The van der Waals surface area contributed by atoms with Gasteiger partial charge in [-0.25, -0.2) is 5.43 Å². The Labute approximate surface area is 191 Å². The zero-order valence-corrected chi connectivity index (χ0v) is 18.1. The molecule has 7 nitrogen and oxygen atoms in total. The first-order valence-corrected chi connectivity index (χ1v) is 10.1. The molecule has 3 rings (SSSR count). The number of ether oxygens (including phenoxy) is 2. The lowest BCUT2D eigenvalue weighted by atomic mass is 10.2. The molecule has 0 aliphatic heterocycles. The SMILES string of the molecule is COc1cc(C=NNC(=O)CC(=O)Nc2ccccc2)ccc1OCc1ccccc1Cl. The van der Waals surface area contributed by atoms with Crippen LogP contribution >= 0.6 is 11.6 Å². The summed E-state index contributed by atoms with van der Waals surface area (Å²) in [7, 11) is 1.53. The minimum Gasteiger partial charge on any atom is -0.493 e. The first-order chi connectivity index (χ1) is 15.5. The minimum atomic E-state index is -0.527. The molecule has 0 bridgehead atoms. The van der Waals surface area contributed by atoms with E-state index in [9.17, 15) is 9.59 Å². The van der Waals surface area contributed by atoms with Gasteiger partial charge in [0.05, 0.1) is 13.3 Å². The number of rotatable bonds is 9. The second-order valence-corrected chi connectivity index (χ2v) is 7.08. The van der Waals surface area contributed by atoms with Crippen molar-refractivity contribution < 1.29 is 19.1 Å². The normalized spacial score (nSPS) is 10.6. The summed E-state index contributed by atoms with van der Waals surface area (Å²) in [6.45, 7) is 0.296. The molecule has 32 heavy (non-hydrogen) atoms. The maximum Gasteiger partial charge on any atom is 0.249 e. The second kappa shape index (κ2) is 11.5. The number of hydrazone groups is 1. The monoisotopic (exact) mass is 451 g/mol. The predicted molar refractivity (Wildman–Crippen MR) is 124 cm³/mol. The fraction of sp³-hybridized carbons (Fsp3) is 0.125. The Balaban J connectivity index is 1.52. The summed E-state index contributed by atoms with van der Waals surface area (Å²) in [4.78, 5) is 23.8. The van der Waals surface area contributed by atoms with E-state index in [1.54, 1.807) is 48.5 Å². The van der Waals surface area contributed by atoms with E-state index in [1.165, 1.54) is 13.3 Å². The summed E-state index contributed by atoms with van der Waals surface area (Å²) < 4.78 is 11.2. The van der Waals surface area contributed by atoms with Gasteiger partial charge in [-0.1, -0.05) is 48.0 Å². The van der Waals surface area contributed by atoms with Crippen LogP contribution in [0.15, 0.2) is 77.9 Å². The molecule has 0 aliphatic rings. The van der Waals surface area contributed by atoms with Crippen molar-refractivity contribution in [3.05, 3.63) is 88.9 Å². The summed E-state index contributed by atoms with van der Waals surface area (Å²) >= 11 is 6.16. The molecular weight excluding hydrogens is 430 g/mol. The number of hydrogen-bond acceptors (Lipinski definition) is 5. The van der Waals surface area contributed by atoms with Crippen LogP contribution in [-0.2, 0) is 16.2 Å². The van der Waals surface area contributed by atoms with Crippen molar-refractivity contribution in [1.29, 1.82) is 0 Å². The number of anilines is 1. The highest BCUT2D eigenvalue weighted by Gasteiger charge is 2.09. The van der Waals surface area contributed by atoms with E-state index in [0.717, 1.165) is 5.56 Å². The van der Waals surface area contributed by atoms with E-state index in [-0.39, 0.29) is 6.42 Å². The van der Waals surface area contributed by atoms with Crippen molar-refractivity contribution >= 4 is 35.3 Å². The Morgan fingerprint density at radius 2 is 1.72 bits per heavy atom. The highest BCUT2D eigenvalue weighted by Crippen LogP contribution is 2.29. The molecule has 0 heterocycles. The van der Waals surface area contributed by atoms with Gasteiger partial charge in [0, 0.05) is 16.3 Å². The van der Waals surface area contributed by atoms with E-state index >= 15 is 0 Å². The third kappa shape index (κ3) is 6.85. The molecule has 8 heteroatoms. The third-order valence-electron chi connectivity index (χ3n) is 4.31. The molecule has 0 unspecified atom stereocenters. The number of amides is 2. The van der Waals surface area contributed by atoms with Gasteiger partial charge in [-0.15, -0.1) is 0 Å². The number of benzene rings is 3. The maximum absolute atomic E-state index is 11.9.